The SMILES string of the molecule is CC1CC(COC(=O)CCCCCN2C(=O)C=CC2=O)C(C)C2CC(COC(=O)CCCCCN3C(=O)C=CC3=O)CC12. The number of unbranched alkanes of at least 4 members (excludes halogenated alkanes) is 4. The smallest absolute Gasteiger partial charge is 0.305 e. The average Bonchev–Trinajstić information content (AvgIpc) is 3.66. The lowest BCUT2D eigenvalue weighted by Crippen LogP contribution is -2.37. The Bertz CT molecular complexity index is 1090. The molecule has 2 fully saturated rings. The van der Waals surface area contributed by atoms with E-state index in [4.69, 9.17) is 9.47 Å². The van der Waals surface area contributed by atoms with Gasteiger partial charge in [-0.25, -0.2) is 0 Å². The Morgan fingerprint density at radius 3 is 1.63 bits per heavy atom. The molecule has 0 spiro atoms. The number of amides is 4. The van der Waals surface area contributed by atoms with Crippen molar-refractivity contribution in [3.8, 4) is 0 Å². The largest absolute Gasteiger partial charge is 0.465 e. The number of imide groups is 2. The first-order chi connectivity index (χ1) is 20.6. The molecule has 0 aromatic heterocycles. The molecule has 10 nitrogen and oxygen atoms in total. The third-order valence-electron chi connectivity index (χ3n) is 9.85. The summed E-state index contributed by atoms with van der Waals surface area (Å²) in [5.41, 5.74) is 0. The van der Waals surface area contributed by atoms with E-state index in [1.54, 1.807) is 0 Å². The Hall–Kier alpha value is -3.30. The molecular formula is C33H46N2O8. The average molecular weight is 599 g/mol. The molecule has 0 saturated heterocycles. The van der Waals surface area contributed by atoms with E-state index in [2.05, 4.69) is 13.8 Å². The first-order valence-corrected chi connectivity index (χ1v) is 16.0. The fourth-order valence-corrected chi connectivity index (χ4v) is 7.34. The maximum atomic E-state index is 12.4. The number of esters is 2. The molecule has 43 heavy (non-hydrogen) atoms. The third-order valence-corrected chi connectivity index (χ3v) is 9.85. The molecule has 4 aliphatic rings. The molecule has 6 atom stereocenters. The van der Waals surface area contributed by atoms with Gasteiger partial charge in [-0.2, -0.15) is 0 Å². The highest BCUT2D eigenvalue weighted by molar-refractivity contribution is 6.13. The molecule has 0 N–H and O–H groups in total. The zero-order chi connectivity index (χ0) is 30.9. The highest BCUT2D eigenvalue weighted by Gasteiger charge is 2.46. The van der Waals surface area contributed by atoms with Gasteiger partial charge in [-0.05, 0) is 80.5 Å². The minimum atomic E-state index is -0.272. The van der Waals surface area contributed by atoms with E-state index < -0.39 is 0 Å². The number of rotatable bonds is 16. The lowest BCUT2D eigenvalue weighted by molar-refractivity contribution is -0.147. The summed E-state index contributed by atoms with van der Waals surface area (Å²) in [6.45, 7) is 6.21. The molecule has 2 aliphatic carbocycles. The van der Waals surface area contributed by atoms with Gasteiger partial charge in [0.15, 0.2) is 0 Å². The molecule has 6 unspecified atom stereocenters. The number of nitrogens with zero attached hydrogens (tertiary/aromatic N) is 2. The van der Waals surface area contributed by atoms with Crippen LogP contribution in [-0.4, -0.2) is 71.7 Å². The predicted octanol–water partition coefficient (Wildman–Crippen LogP) is 3.98. The van der Waals surface area contributed by atoms with Crippen LogP contribution >= 0.6 is 0 Å². The summed E-state index contributed by atoms with van der Waals surface area (Å²) in [5, 5.41) is 0. The molecule has 10 heteroatoms. The first-order valence-electron chi connectivity index (χ1n) is 16.0. The summed E-state index contributed by atoms with van der Waals surface area (Å²) in [4.78, 5) is 73.5. The molecule has 2 heterocycles. The van der Waals surface area contributed by atoms with Crippen molar-refractivity contribution in [2.24, 2.45) is 35.5 Å². The third kappa shape index (κ3) is 8.86. The van der Waals surface area contributed by atoms with Gasteiger partial charge in [0.05, 0.1) is 13.2 Å². The number of carbonyl (C=O) groups excluding carboxylic acids is 6. The monoisotopic (exact) mass is 598 g/mol. The van der Waals surface area contributed by atoms with Crippen molar-refractivity contribution in [1.82, 2.24) is 9.80 Å². The molecule has 0 aromatic carbocycles. The van der Waals surface area contributed by atoms with Crippen molar-refractivity contribution in [1.29, 1.82) is 0 Å². The van der Waals surface area contributed by atoms with Crippen LogP contribution in [0.3, 0.4) is 0 Å². The Labute approximate surface area is 254 Å². The van der Waals surface area contributed by atoms with Crippen LogP contribution in [0.1, 0.15) is 84.5 Å². The maximum absolute atomic E-state index is 12.4. The number of hydrogen-bond donors (Lipinski definition) is 0. The van der Waals surface area contributed by atoms with Gasteiger partial charge in [-0.1, -0.05) is 26.7 Å². The summed E-state index contributed by atoms with van der Waals surface area (Å²) >= 11 is 0. The molecule has 0 radical (unpaired) electrons. The number of fused-ring (bicyclic) bond motifs is 1. The van der Waals surface area contributed by atoms with Gasteiger partial charge in [0, 0.05) is 50.2 Å². The molecule has 0 bridgehead atoms. The van der Waals surface area contributed by atoms with E-state index >= 15 is 0 Å². The van der Waals surface area contributed by atoms with E-state index in [1.807, 2.05) is 0 Å². The normalized spacial score (nSPS) is 28.2. The molecule has 0 aromatic rings. The minimum absolute atomic E-state index is 0.189. The Kier molecular flexibility index (Phi) is 11.7. The van der Waals surface area contributed by atoms with Crippen LogP contribution in [0.2, 0.25) is 0 Å². The molecule has 236 valence electrons. The summed E-state index contributed by atoms with van der Waals surface area (Å²) in [6.07, 6.45) is 13.1. The predicted molar refractivity (Wildman–Crippen MR) is 157 cm³/mol. The Balaban J connectivity index is 1.07. The second kappa shape index (κ2) is 15.4. The van der Waals surface area contributed by atoms with E-state index in [0.29, 0.717) is 100 Å². The maximum Gasteiger partial charge on any atom is 0.305 e. The van der Waals surface area contributed by atoms with E-state index in [9.17, 15) is 28.8 Å². The molecule has 4 rings (SSSR count). The van der Waals surface area contributed by atoms with Crippen LogP contribution in [0.15, 0.2) is 24.3 Å². The topological polar surface area (TPSA) is 127 Å². The lowest BCUT2D eigenvalue weighted by atomic mass is 9.64. The van der Waals surface area contributed by atoms with E-state index in [1.165, 1.54) is 34.1 Å². The summed E-state index contributed by atoms with van der Waals surface area (Å²) in [7, 11) is 0. The van der Waals surface area contributed by atoms with Gasteiger partial charge in [0.1, 0.15) is 0 Å². The van der Waals surface area contributed by atoms with Crippen molar-refractivity contribution in [3.63, 3.8) is 0 Å². The number of hydrogen-bond acceptors (Lipinski definition) is 8. The van der Waals surface area contributed by atoms with Gasteiger partial charge in [-0.15, -0.1) is 0 Å². The van der Waals surface area contributed by atoms with Crippen LogP contribution in [0.5, 0.6) is 0 Å². The second-order valence-corrected chi connectivity index (χ2v) is 12.8. The van der Waals surface area contributed by atoms with E-state index in [-0.39, 0.29) is 35.6 Å². The standard InChI is InChI=1S/C33H46N2O8/c1-22-17-25(21-43-33(41)10-6-4-8-16-35-30(38)13-14-31(35)39)23(2)27-19-24(18-26(22)27)20-42-32(40)9-5-3-7-15-34-28(36)11-12-29(34)37/h11-14,22-27H,3-10,15-21H2,1-2H3. The van der Waals surface area contributed by atoms with Crippen molar-refractivity contribution in [2.75, 3.05) is 26.3 Å². The van der Waals surface area contributed by atoms with Crippen molar-refractivity contribution in [3.05, 3.63) is 24.3 Å². The summed E-state index contributed by atoms with van der Waals surface area (Å²) in [5.74, 6) is 1.30. The van der Waals surface area contributed by atoms with Crippen LogP contribution in [0.25, 0.3) is 0 Å². The van der Waals surface area contributed by atoms with Crippen molar-refractivity contribution < 1.29 is 38.2 Å². The first kappa shape index (κ1) is 32.6. The van der Waals surface area contributed by atoms with Gasteiger partial charge >= 0.3 is 11.9 Å². The van der Waals surface area contributed by atoms with Crippen molar-refractivity contribution >= 4 is 35.6 Å². The molecule has 4 amide bonds. The van der Waals surface area contributed by atoms with Crippen LogP contribution in [-0.2, 0) is 38.2 Å². The Morgan fingerprint density at radius 1 is 0.651 bits per heavy atom. The lowest BCUT2D eigenvalue weighted by Gasteiger charge is -2.42. The summed E-state index contributed by atoms with van der Waals surface area (Å²) in [6, 6.07) is 0. The molecule has 2 saturated carbocycles. The molecule has 2 aliphatic heterocycles. The van der Waals surface area contributed by atoms with Gasteiger partial charge in [-0.3, -0.25) is 38.6 Å². The number of ether oxygens (including phenoxy) is 2. The quantitative estimate of drug-likeness (QED) is 0.148. The van der Waals surface area contributed by atoms with Gasteiger partial charge in [0.25, 0.3) is 23.6 Å². The van der Waals surface area contributed by atoms with Gasteiger partial charge in [0.2, 0.25) is 0 Å². The van der Waals surface area contributed by atoms with Crippen LogP contribution < -0.4 is 0 Å². The van der Waals surface area contributed by atoms with Gasteiger partial charge < -0.3 is 9.47 Å². The number of carbonyl (C=O) groups is 6. The molecular weight excluding hydrogens is 552 g/mol. The fourth-order valence-electron chi connectivity index (χ4n) is 7.34. The van der Waals surface area contributed by atoms with Crippen LogP contribution in [0, 0.1) is 35.5 Å². The summed E-state index contributed by atoms with van der Waals surface area (Å²) < 4.78 is 11.3. The Morgan fingerprint density at radius 2 is 1.12 bits per heavy atom. The zero-order valence-corrected chi connectivity index (χ0v) is 25.5. The highest BCUT2D eigenvalue weighted by Crippen LogP contribution is 2.52. The minimum Gasteiger partial charge on any atom is -0.465 e. The van der Waals surface area contributed by atoms with Crippen LogP contribution in [0.4, 0.5) is 0 Å². The second-order valence-electron chi connectivity index (χ2n) is 12.8. The van der Waals surface area contributed by atoms with Crippen molar-refractivity contribution in [2.45, 2.75) is 84.5 Å². The van der Waals surface area contributed by atoms with E-state index in [0.717, 1.165) is 32.1 Å². The highest BCUT2D eigenvalue weighted by atomic mass is 16.5. The zero-order valence-electron chi connectivity index (χ0n) is 25.5. The fraction of sp³-hybridized carbons (Fsp3) is 0.697.